The summed E-state index contributed by atoms with van der Waals surface area (Å²) in [5, 5.41) is 3.29. The molecule has 0 bridgehead atoms. The predicted octanol–water partition coefficient (Wildman–Crippen LogP) is 0.992. The maximum absolute atomic E-state index is 12.0. The Morgan fingerprint density at radius 1 is 1.47 bits per heavy atom. The van der Waals surface area contributed by atoms with Crippen molar-refractivity contribution >= 4 is 30.7 Å². The zero-order valence-corrected chi connectivity index (χ0v) is 12.6. The molecule has 1 fully saturated rings. The van der Waals surface area contributed by atoms with Gasteiger partial charge in [-0.05, 0) is 26.9 Å². The van der Waals surface area contributed by atoms with Crippen molar-refractivity contribution in [2.45, 2.75) is 26.3 Å². The van der Waals surface area contributed by atoms with Crippen molar-refractivity contribution in [3.8, 4) is 0 Å². The van der Waals surface area contributed by atoms with E-state index in [1.165, 1.54) is 0 Å². The molecule has 1 atom stereocenters. The highest BCUT2D eigenvalue weighted by Crippen LogP contribution is 2.03. The number of amides is 1. The molecule has 0 aromatic carbocycles. The summed E-state index contributed by atoms with van der Waals surface area (Å²) < 4.78 is 0. The molecule has 1 saturated heterocycles. The molecule has 0 aromatic heterocycles. The van der Waals surface area contributed by atoms with Crippen molar-refractivity contribution in [1.82, 2.24) is 15.1 Å². The molecule has 0 aliphatic carbocycles. The minimum absolute atomic E-state index is 0. The van der Waals surface area contributed by atoms with Crippen molar-refractivity contribution in [2.24, 2.45) is 0 Å². The molecule has 0 unspecified atom stereocenters. The fourth-order valence-electron chi connectivity index (χ4n) is 1.99. The minimum atomic E-state index is 0. The van der Waals surface area contributed by atoms with Gasteiger partial charge in [0.25, 0.3) is 0 Å². The van der Waals surface area contributed by atoms with Crippen LogP contribution < -0.4 is 5.32 Å². The second-order valence-electron chi connectivity index (χ2n) is 4.38. The average Bonchev–Trinajstić information content (AvgIpc) is 2.18. The minimum Gasteiger partial charge on any atom is -0.336 e. The molecule has 4 nitrogen and oxygen atoms in total. The SMILES string of the molecule is CCCN(C)CC(=O)N1CCNC[C@H]1C.Cl.Cl. The van der Waals surface area contributed by atoms with E-state index in [9.17, 15) is 4.79 Å². The van der Waals surface area contributed by atoms with E-state index in [2.05, 4.69) is 24.1 Å². The summed E-state index contributed by atoms with van der Waals surface area (Å²) >= 11 is 0. The first kappa shape index (κ1) is 19.3. The standard InChI is InChI=1S/C11H23N3O.2ClH/c1-4-6-13(3)9-11(15)14-7-5-12-8-10(14)2;;/h10,12H,4-9H2,1-3H3;2*1H/t10-;;/m1../s1. The quantitative estimate of drug-likeness (QED) is 0.837. The molecule has 0 radical (unpaired) electrons. The molecule has 17 heavy (non-hydrogen) atoms. The van der Waals surface area contributed by atoms with Crippen molar-refractivity contribution in [2.75, 3.05) is 39.8 Å². The van der Waals surface area contributed by atoms with E-state index in [0.29, 0.717) is 12.6 Å². The van der Waals surface area contributed by atoms with Crippen LogP contribution in [-0.2, 0) is 4.79 Å². The number of hydrogen-bond donors (Lipinski definition) is 1. The lowest BCUT2D eigenvalue weighted by Gasteiger charge is -2.35. The third-order valence-corrected chi connectivity index (χ3v) is 2.83. The Balaban J connectivity index is 0. The number of nitrogens with one attached hydrogen (secondary N) is 1. The maximum Gasteiger partial charge on any atom is 0.237 e. The number of nitrogens with zero attached hydrogens (tertiary/aromatic N) is 2. The smallest absolute Gasteiger partial charge is 0.237 e. The third-order valence-electron chi connectivity index (χ3n) is 2.83. The Hall–Kier alpha value is -0.0300. The van der Waals surface area contributed by atoms with Crippen LogP contribution in [0.15, 0.2) is 0 Å². The molecule has 0 aromatic rings. The van der Waals surface area contributed by atoms with Crippen LogP contribution in [0.25, 0.3) is 0 Å². The van der Waals surface area contributed by atoms with Gasteiger partial charge in [-0.15, -0.1) is 24.8 Å². The molecular weight excluding hydrogens is 261 g/mol. The summed E-state index contributed by atoms with van der Waals surface area (Å²) in [6, 6.07) is 0.335. The number of carbonyl (C=O) groups is 1. The monoisotopic (exact) mass is 285 g/mol. The number of piperazine rings is 1. The highest BCUT2D eigenvalue weighted by molar-refractivity contribution is 5.85. The van der Waals surface area contributed by atoms with Crippen LogP contribution in [0.3, 0.4) is 0 Å². The molecule has 6 heteroatoms. The molecule has 1 aliphatic rings. The van der Waals surface area contributed by atoms with Crippen LogP contribution in [-0.4, -0.2) is 61.5 Å². The lowest BCUT2D eigenvalue weighted by atomic mass is 10.2. The van der Waals surface area contributed by atoms with Gasteiger partial charge in [-0.2, -0.15) is 0 Å². The van der Waals surface area contributed by atoms with Crippen molar-refractivity contribution in [3.05, 3.63) is 0 Å². The van der Waals surface area contributed by atoms with E-state index in [-0.39, 0.29) is 30.7 Å². The molecule has 0 spiro atoms. The van der Waals surface area contributed by atoms with E-state index < -0.39 is 0 Å². The molecule has 1 rings (SSSR count). The number of hydrogen-bond acceptors (Lipinski definition) is 3. The van der Waals surface area contributed by atoms with E-state index in [1.54, 1.807) is 0 Å². The zero-order chi connectivity index (χ0) is 11.3. The first-order valence-electron chi connectivity index (χ1n) is 5.84. The topological polar surface area (TPSA) is 35.6 Å². The van der Waals surface area contributed by atoms with Crippen LogP contribution in [0.5, 0.6) is 0 Å². The highest BCUT2D eigenvalue weighted by Gasteiger charge is 2.23. The van der Waals surface area contributed by atoms with Gasteiger partial charge < -0.3 is 10.2 Å². The van der Waals surface area contributed by atoms with Crippen LogP contribution in [0, 0.1) is 0 Å². The van der Waals surface area contributed by atoms with Crippen LogP contribution in [0.2, 0.25) is 0 Å². The van der Waals surface area contributed by atoms with Crippen molar-refractivity contribution in [1.29, 1.82) is 0 Å². The van der Waals surface area contributed by atoms with Gasteiger partial charge in [0.1, 0.15) is 0 Å². The number of rotatable bonds is 4. The average molecular weight is 286 g/mol. The first-order valence-corrected chi connectivity index (χ1v) is 5.84. The van der Waals surface area contributed by atoms with Crippen LogP contribution in [0.1, 0.15) is 20.3 Å². The lowest BCUT2D eigenvalue weighted by molar-refractivity contribution is -0.134. The van der Waals surface area contributed by atoms with Gasteiger partial charge in [-0.25, -0.2) is 0 Å². The van der Waals surface area contributed by atoms with Crippen molar-refractivity contribution < 1.29 is 4.79 Å². The number of halogens is 2. The van der Waals surface area contributed by atoms with Crippen LogP contribution >= 0.6 is 24.8 Å². The van der Waals surface area contributed by atoms with Gasteiger partial charge in [-0.1, -0.05) is 6.92 Å². The Bertz CT molecular complexity index is 217. The lowest BCUT2D eigenvalue weighted by Crippen LogP contribution is -2.54. The molecule has 0 saturated carbocycles. The fourth-order valence-corrected chi connectivity index (χ4v) is 1.99. The van der Waals surface area contributed by atoms with Gasteiger partial charge in [0.15, 0.2) is 0 Å². The predicted molar refractivity (Wildman–Crippen MR) is 76.3 cm³/mol. The Kier molecular flexibility index (Phi) is 11.3. The van der Waals surface area contributed by atoms with Gasteiger partial charge in [0.2, 0.25) is 5.91 Å². The summed E-state index contributed by atoms with van der Waals surface area (Å²) in [5.41, 5.74) is 0. The number of likely N-dealkylation sites (N-methyl/N-ethyl adjacent to an activating group) is 1. The van der Waals surface area contributed by atoms with E-state index >= 15 is 0 Å². The summed E-state index contributed by atoms with van der Waals surface area (Å²) in [6.45, 7) is 8.47. The van der Waals surface area contributed by atoms with Gasteiger partial charge in [-0.3, -0.25) is 9.69 Å². The summed E-state index contributed by atoms with van der Waals surface area (Å²) in [4.78, 5) is 16.0. The molecule has 1 heterocycles. The second kappa shape index (κ2) is 9.95. The van der Waals surface area contributed by atoms with E-state index in [0.717, 1.165) is 32.6 Å². The number of carbonyl (C=O) groups excluding carboxylic acids is 1. The van der Waals surface area contributed by atoms with Gasteiger partial charge >= 0.3 is 0 Å². The summed E-state index contributed by atoms with van der Waals surface area (Å²) in [5.74, 6) is 0.264. The van der Waals surface area contributed by atoms with E-state index in [4.69, 9.17) is 0 Å². The highest BCUT2D eigenvalue weighted by atomic mass is 35.5. The molecule has 1 N–H and O–H groups in total. The Morgan fingerprint density at radius 2 is 2.12 bits per heavy atom. The molecular formula is C11H25Cl2N3O. The van der Waals surface area contributed by atoms with Gasteiger partial charge in [0.05, 0.1) is 6.54 Å². The summed E-state index contributed by atoms with van der Waals surface area (Å²) in [6.07, 6.45) is 1.10. The Morgan fingerprint density at radius 3 is 2.65 bits per heavy atom. The van der Waals surface area contributed by atoms with Crippen LogP contribution in [0.4, 0.5) is 0 Å². The molecule has 104 valence electrons. The maximum atomic E-state index is 12.0. The Labute approximate surface area is 117 Å². The molecule has 1 aliphatic heterocycles. The fraction of sp³-hybridized carbons (Fsp3) is 0.909. The third kappa shape index (κ3) is 6.46. The first-order chi connectivity index (χ1) is 7.15. The second-order valence-corrected chi connectivity index (χ2v) is 4.38. The largest absolute Gasteiger partial charge is 0.336 e. The molecule has 1 amide bonds. The van der Waals surface area contributed by atoms with E-state index in [1.807, 2.05) is 11.9 Å². The summed E-state index contributed by atoms with van der Waals surface area (Å²) in [7, 11) is 2.01. The zero-order valence-electron chi connectivity index (χ0n) is 10.9. The van der Waals surface area contributed by atoms with Gasteiger partial charge in [0, 0.05) is 25.7 Å². The van der Waals surface area contributed by atoms with Crippen molar-refractivity contribution in [3.63, 3.8) is 0 Å². The normalized spacial score (nSPS) is 19.5.